The summed E-state index contributed by atoms with van der Waals surface area (Å²) in [5, 5.41) is 3.43. The molecule has 1 N–H and O–H groups in total. The van der Waals surface area contributed by atoms with E-state index in [0.29, 0.717) is 6.04 Å². The summed E-state index contributed by atoms with van der Waals surface area (Å²) in [5.41, 5.74) is 1.11. The third kappa shape index (κ3) is 6.06. The van der Waals surface area contributed by atoms with E-state index in [2.05, 4.69) is 31.0 Å². The zero-order chi connectivity index (χ0) is 14.1. The van der Waals surface area contributed by atoms with Crippen molar-refractivity contribution in [1.29, 1.82) is 0 Å². The molecule has 0 radical (unpaired) electrons. The van der Waals surface area contributed by atoms with Crippen molar-refractivity contribution >= 4 is 5.69 Å². The van der Waals surface area contributed by atoms with Crippen molar-refractivity contribution in [3.63, 3.8) is 0 Å². The fourth-order valence-electron chi connectivity index (χ4n) is 2.33. The second-order valence-corrected chi connectivity index (χ2v) is 5.01. The largest absolute Gasteiger partial charge is 0.372 e. The fourth-order valence-corrected chi connectivity index (χ4v) is 2.33. The van der Waals surface area contributed by atoms with Gasteiger partial charge in [-0.1, -0.05) is 13.3 Å². The molecule has 0 spiro atoms. The predicted molar refractivity (Wildman–Crippen MR) is 81.3 cm³/mol. The van der Waals surface area contributed by atoms with Gasteiger partial charge in [0.1, 0.15) is 5.82 Å². The lowest BCUT2D eigenvalue weighted by Gasteiger charge is -2.23. The lowest BCUT2D eigenvalue weighted by molar-refractivity contribution is 0.501. The molecular formula is C16H27FN2. The van der Waals surface area contributed by atoms with Gasteiger partial charge in [-0.2, -0.15) is 0 Å². The van der Waals surface area contributed by atoms with E-state index in [1.807, 2.05) is 12.1 Å². The average molecular weight is 266 g/mol. The number of rotatable bonds is 9. The van der Waals surface area contributed by atoms with Crippen molar-refractivity contribution in [2.45, 2.75) is 46.1 Å². The molecule has 3 heteroatoms. The zero-order valence-corrected chi connectivity index (χ0v) is 12.5. The quantitative estimate of drug-likeness (QED) is 0.684. The minimum Gasteiger partial charge on any atom is -0.372 e. The minimum atomic E-state index is -0.167. The summed E-state index contributed by atoms with van der Waals surface area (Å²) < 4.78 is 12.9. The molecule has 19 heavy (non-hydrogen) atoms. The maximum absolute atomic E-state index is 12.9. The molecule has 1 aromatic carbocycles. The molecule has 0 aromatic heterocycles. The van der Waals surface area contributed by atoms with Crippen molar-refractivity contribution in [2.75, 3.05) is 24.5 Å². The van der Waals surface area contributed by atoms with Gasteiger partial charge in [-0.3, -0.25) is 0 Å². The number of hydrogen-bond donors (Lipinski definition) is 1. The molecular weight excluding hydrogens is 239 g/mol. The summed E-state index contributed by atoms with van der Waals surface area (Å²) in [6.07, 6.45) is 3.63. The van der Waals surface area contributed by atoms with Crippen molar-refractivity contribution in [1.82, 2.24) is 5.32 Å². The Bertz CT molecular complexity index is 337. The summed E-state index contributed by atoms with van der Waals surface area (Å²) in [7, 11) is 0. The molecule has 1 aromatic rings. The van der Waals surface area contributed by atoms with Gasteiger partial charge in [0.05, 0.1) is 0 Å². The minimum absolute atomic E-state index is 0.167. The van der Waals surface area contributed by atoms with E-state index in [1.54, 1.807) is 0 Å². The normalized spacial score (nSPS) is 12.4. The lowest BCUT2D eigenvalue weighted by Crippen LogP contribution is -2.27. The summed E-state index contributed by atoms with van der Waals surface area (Å²) in [6, 6.07) is 7.39. The third-order valence-corrected chi connectivity index (χ3v) is 3.44. The summed E-state index contributed by atoms with van der Waals surface area (Å²) in [4.78, 5) is 2.30. The van der Waals surface area contributed by atoms with Crippen LogP contribution in [0.25, 0.3) is 0 Å². The highest BCUT2D eigenvalue weighted by atomic mass is 19.1. The van der Waals surface area contributed by atoms with Crippen LogP contribution in [0.2, 0.25) is 0 Å². The molecule has 0 saturated heterocycles. The SMILES string of the molecule is CCNC(C)CCCCN(CC)c1ccc(F)cc1. The van der Waals surface area contributed by atoms with Crippen LogP contribution in [0.4, 0.5) is 10.1 Å². The van der Waals surface area contributed by atoms with E-state index in [0.717, 1.165) is 25.3 Å². The van der Waals surface area contributed by atoms with E-state index in [-0.39, 0.29) is 5.82 Å². The van der Waals surface area contributed by atoms with E-state index in [4.69, 9.17) is 0 Å². The molecule has 0 aliphatic carbocycles. The summed E-state index contributed by atoms with van der Waals surface area (Å²) in [5.74, 6) is -0.167. The van der Waals surface area contributed by atoms with Gasteiger partial charge in [-0.15, -0.1) is 0 Å². The Hall–Kier alpha value is -1.09. The van der Waals surface area contributed by atoms with E-state index in [1.165, 1.54) is 31.4 Å². The molecule has 1 rings (SSSR count). The fraction of sp³-hybridized carbons (Fsp3) is 0.625. The summed E-state index contributed by atoms with van der Waals surface area (Å²) >= 11 is 0. The van der Waals surface area contributed by atoms with Crippen molar-refractivity contribution in [3.05, 3.63) is 30.1 Å². The van der Waals surface area contributed by atoms with Gasteiger partial charge < -0.3 is 10.2 Å². The van der Waals surface area contributed by atoms with Crippen LogP contribution in [0.1, 0.15) is 40.0 Å². The van der Waals surface area contributed by atoms with Crippen LogP contribution >= 0.6 is 0 Å². The lowest BCUT2D eigenvalue weighted by atomic mass is 10.1. The van der Waals surface area contributed by atoms with Gasteiger partial charge >= 0.3 is 0 Å². The Labute approximate surface area is 117 Å². The highest BCUT2D eigenvalue weighted by Gasteiger charge is 2.05. The highest BCUT2D eigenvalue weighted by molar-refractivity contribution is 5.45. The van der Waals surface area contributed by atoms with E-state index >= 15 is 0 Å². The molecule has 0 aliphatic heterocycles. The third-order valence-electron chi connectivity index (χ3n) is 3.44. The van der Waals surface area contributed by atoms with Crippen LogP contribution in [0.5, 0.6) is 0 Å². The van der Waals surface area contributed by atoms with Gasteiger partial charge in [0.25, 0.3) is 0 Å². The number of unbranched alkanes of at least 4 members (excludes halogenated alkanes) is 1. The van der Waals surface area contributed by atoms with E-state index < -0.39 is 0 Å². The number of hydrogen-bond acceptors (Lipinski definition) is 2. The Morgan fingerprint density at radius 1 is 1.16 bits per heavy atom. The molecule has 0 bridgehead atoms. The van der Waals surface area contributed by atoms with Crippen LogP contribution in [0, 0.1) is 5.82 Å². The van der Waals surface area contributed by atoms with Gasteiger partial charge in [-0.25, -0.2) is 4.39 Å². The molecule has 0 fully saturated rings. The summed E-state index contributed by atoms with van der Waals surface area (Å²) in [6.45, 7) is 9.57. The zero-order valence-electron chi connectivity index (χ0n) is 12.5. The second kappa shape index (κ2) is 8.92. The van der Waals surface area contributed by atoms with Gasteiger partial charge in [0.2, 0.25) is 0 Å². The standard InChI is InChI=1S/C16H27FN2/c1-4-18-14(3)8-6-7-13-19(5-2)16-11-9-15(17)10-12-16/h9-12,14,18H,4-8,13H2,1-3H3. The number of nitrogens with zero attached hydrogens (tertiary/aromatic N) is 1. The first-order chi connectivity index (χ1) is 9.17. The molecule has 0 amide bonds. The van der Waals surface area contributed by atoms with Crippen LogP contribution < -0.4 is 10.2 Å². The second-order valence-electron chi connectivity index (χ2n) is 5.01. The topological polar surface area (TPSA) is 15.3 Å². The number of benzene rings is 1. The first-order valence-electron chi connectivity index (χ1n) is 7.41. The van der Waals surface area contributed by atoms with Gasteiger partial charge in [-0.05, 0) is 57.5 Å². The molecule has 0 saturated carbocycles. The maximum Gasteiger partial charge on any atom is 0.123 e. The van der Waals surface area contributed by atoms with Crippen molar-refractivity contribution in [2.24, 2.45) is 0 Å². The Morgan fingerprint density at radius 3 is 2.42 bits per heavy atom. The number of anilines is 1. The predicted octanol–water partition coefficient (Wildman–Crippen LogP) is 3.82. The van der Waals surface area contributed by atoms with Crippen LogP contribution in [0.15, 0.2) is 24.3 Å². The average Bonchev–Trinajstić information content (AvgIpc) is 2.41. The Morgan fingerprint density at radius 2 is 1.84 bits per heavy atom. The highest BCUT2D eigenvalue weighted by Crippen LogP contribution is 2.15. The van der Waals surface area contributed by atoms with Crippen LogP contribution in [-0.4, -0.2) is 25.7 Å². The van der Waals surface area contributed by atoms with Crippen molar-refractivity contribution in [3.8, 4) is 0 Å². The molecule has 108 valence electrons. The first-order valence-corrected chi connectivity index (χ1v) is 7.41. The molecule has 0 heterocycles. The Kier molecular flexibility index (Phi) is 7.49. The molecule has 0 aliphatic rings. The van der Waals surface area contributed by atoms with E-state index in [9.17, 15) is 4.39 Å². The number of nitrogens with one attached hydrogen (secondary N) is 1. The van der Waals surface area contributed by atoms with Gasteiger partial charge in [0.15, 0.2) is 0 Å². The first kappa shape index (κ1) is 16.0. The van der Waals surface area contributed by atoms with Crippen molar-refractivity contribution < 1.29 is 4.39 Å². The maximum atomic E-state index is 12.9. The van der Waals surface area contributed by atoms with Crippen LogP contribution in [-0.2, 0) is 0 Å². The monoisotopic (exact) mass is 266 g/mol. The van der Waals surface area contributed by atoms with Gasteiger partial charge in [0, 0.05) is 24.8 Å². The Balaban J connectivity index is 2.31. The molecule has 1 atom stereocenters. The van der Waals surface area contributed by atoms with Crippen LogP contribution in [0.3, 0.4) is 0 Å². The molecule has 1 unspecified atom stereocenters. The number of halogens is 1. The molecule has 2 nitrogen and oxygen atoms in total. The smallest absolute Gasteiger partial charge is 0.123 e.